The fourth-order valence-electron chi connectivity index (χ4n) is 2.39. The molecule has 0 spiro atoms. The van der Waals surface area contributed by atoms with Crippen molar-refractivity contribution in [3.8, 4) is 22.9 Å². The van der Waals surface area contributed by atoms with E-state index in [2.05, 4.69) is 31.5 Å². The highest BCUT2D eigenvalue weighted by atomic mass is 79.9. The minimum absolute atomic E-state index is 0.249. The molecule has 0 atom stereocenters. The number of fused-ring (bicyclic) bond motifs is 1. The van der Waals surface area contributed by atoms with Gasteiger partial charge in [-0.3, -0.25) is 0 Å². The van der Waals surface area contributed by atoms with Gasteiger partial charge < -0.3 is 14.2 Å². The first kappa shape index (κ1) is 14.9. The first-order valence-corrected chi connectivity index (χ1v) is 8.05. The Bertz CT molecular complexity index is 883. The van der Waals surface area contributed by atoms with Crippen LogP contribution in [0.25, 0.3) is 5.69 Å². The Balaban J connectivity index is 1.57. The molecule has 2 aromatic carbocycles. The van der Waals surface area contributed by atoms with Gasteiger partial charge in [0.15, 0.2) is 11.5 Å². The van der Waals surface area contributed by atoms with E-state index >= 15 is 0 Å². The van der Waals surface area contributed by atoms with Gasteiger partial charge in [0.25, 0.3) is 0 Å². The molecule has 0 saturated heterocycles. The molecule has 0 unspecified atom stereocenters. The van der Waals surface area contributed by atoms with Crippen molar-refractivity contribution in [2.24, 2.45) is 0 Å². The SMILES string of the molecule is Cc1ccc(-n2cnnn2)cc1OCc1cc2c(cc1Br)OCO2. The van der Waals surface area contributed by atoms with E-state index < -0.39 is 0 Å². The van der Waals surface area contributed by atoms with Crippen LogP contribution in [0.15, 0.2) is 41.1 Å². The Morgan fingerprint density at radius 3 is 2.83 bits per heavy atom. The predicted octanol–water partition coefficient (Wildman–Crippen LogP) is 3.04. The number of aryl methyl sites for hydroxylation is 1. The molecule has 8 heteroatoms. The molecule has 0 radical (unpaired) electrons. The summed E-state index contributed by atoms with van der Waals surface area (Å²) in [6, 6.07) is 9.64. The summed E-state index contributed by atoms with van der Waals surface area (Å²) in [7, 11) is 0. The molecule has 24 heavy (non-hydrogen) atoms. The molecule has 0 aliphatic carbocycles. The van der Waals surface area contributed by atoms with E-state index in [-0.39, 0.29) is 6.79 Å². The summed E-state index contributed by atoms with van der Waals surface area (Å²) in [6.45, 7) is 2.64. The molecule has 3 aromatic rings. The van der Waals surface area contributed by atoms with Crippen LogP contribution in [-0.4, -0.2) is 27.0 Å². The number of tetrazole rings is 1. The van der Waals surface area contributed by atoms with Gasteiger partial charge in [-0.15, -0.1) is 5.10 Å². The summed E-state index contributed by atoms with van der Waals surface area (Å²) in [5, 5.41) is 11.2. The van der Waals surface area contributed by atoms with Gasteiger partial charge in [0.05, 0.1) is 5.69 Å². The minimum Gasteiger partial charge on any atom is -0.489 e. The van der Waals surface area contributed by atoms with Gasteiger partial charge in [-0.05, 0) is 41.1 Å². The van der Waals surface area contributed by atoms with Crippen LogP contribution in [0.1, 0.15) is 11.1 Å². The maximum absolute atomic E-state index is 5.99. The lowest BCUT2D eigenvalue weighted by Crippen LogP contribution is -2.01. The third-order valence-electron chi connectivity index (χ3n) is 3.71. The van der Waals surface area contributed by atoms with E-state index in [0.29, 0.717) is 6.61 Å². The predicted molar refractivity (Wildman–Crippen MR) is 88.5 cm³/mol. The van der Waals surface area contributed by atoms with E-state index in [1.165, 1.54) is 0 Å². The first-order valence-electron chi connectivity index (χ1n) is 7.25. The zero-order chi connectivity index (χ0) is 16.5. The van der Waals surface area contributed by atoms with Crippen molar-refractivity contribution in [2.75, 3.05) is 6.79 Å². The summed E-state index contributed by atoms with van der Waals surface area (Å²) >= 11 is 3.54. The zero-order valence-electron chi connectivity index (χ0n) is 12.8. The second-order valence-electron chi connectivity index (χ2n) is 5.29. The van der Waals surface area contributed by atoms with Gasteiger partial charge in [0, 0.05) is 16.1 Å². The molecule has 0 amide bonds. The molecule has 0 fully saturated rings. The standard InChI is InChI=1S/C16H13BrN4O3/c1-10-2-3-12(21-8-18-19-20-21)5-14(10)22-7-11-4-15-16(6-13(11)17)24-9-23-15/h2-6,8H,7,9H2,1H3. The highest BCUT2D eigenvalue weighted by Gasteiger charge is 2.16. The van der Waals surface area contributed by atoms with Crippen molar-refractivity contribution in [1.29, 1.82) is 0 Å². The molecule has 1 aromatic heterocycles. The molecule has 4 rings (SSSR count). The van der Waals surface area contributed by atoms with Crippen molar-refractivity contribution >= 4 is 15.9 Å². The van der Waals surface area contributed by atoms with Gasteiger partial charge in [-0.2, -0.15) is 0 Å². The largest absolute Gasteiger partial charge is 0.489 e. The lowest BCUT2D eigenvalue weighted by Gasteiger charge is -2.12. The Kier molecular flexibility index (Phi) is 3.81. The fraction of sp³-hybridized carbons (Fsp3) is 0.188. The van der Waals surface area contributed by atoms with Crippen LogP contribution >= 0.6 is 15.9 Å². The second-order valence-corrected chi connectivity index (χ2v) is 6.14. The molecule has 122 valence electrons. The maximum atomic E-state index is 5.99. The third-order valence-corrected chi connectivity index (χ3v) is 4.45. The topological polar surface area (TPSA) is 71.3 Å². The molecular weight excluding hydrogens is 376 g/mol. The first-order chi connectivity index (χ1) is 11.7. The summed E-state index contributed by atoms with van der Waals surface area (Å²) < 4.78 is 19.3. The van der Waals surface area contributed by atoms with Crippen LogP contribution < -0.4 is 14.2 Å². The number of rotatable bonds is 4. The lowest BCUT2D eigenvalue weighted by atomic mass is 10.2. The highest BCUT2D eigenvalue weighted by molar-refractivity contribution is 9.10. The van der Waals surface area contributed by atoms with Gasteiger partial charge in [0.1, 0.15) is 18.7 Å². The number of hydrogen-bond donors (Lipinski definition) is 0. The average molecular weight is 389 g/mol. The summed E-state index contributed by atoms with van der Waals surface area (Å²) in [5.74, 6) is 2.24. The molecular formula is C16H13BrN4O3. The average Bonchev–Trinajstić information content (AvgIpc) is 3.25. The molecule has 1 aliphatic heterocycles. The van der Waals surface area contributed by atoms with Crippen molar-refractivity contribution < 1.29 is 14.2 Å². The number of nitrogens with zero attached hydrogens (tertiary/aromatic N) is 4. The fourth-order valence-corrected chi connectivity index (χ4v) is 2.83. The van der Waals surface area contributed by atoms with E-state index in [4.69, 9.17) is 14.2 Å². The number of benzene rings is 2. The maximum Gasteiger partial charge on any atom is 0.231 e. The Morgan fingerprint density at radius 1 is 1.21 bits per heavy atom. The smallest absolute Gasteiger partial charge is 0.231 e. The van der Waals surface area contributed by atoms with E-state index in [1.807, 2.05) is 37.3 Å². The molecule has 0 bridgehead atoms. The molecule has 2 heterocycles. The van der Waals surface area contributed by atoms with Gasteiger partial charge in [0.2, 0.25) is 6.79 Å². The normalized spacial score (nSPS) is 12.4. The van der Waals surface area contributed by atoms with E-state index in [9.17, 15) is 0 Å². The van der Waals surface area contributed by atoms with Crippen molar-refractivity contribution in [2.45, 2.75) is 13.5 Å². The van der Waals surface area contributed by atoms with Gasteiger partial charge >= 0.3 is 0 Å². The van der Waals surface area contributed by atoms with Gasteiger partial charge in [-0.25, -0.2) is 4.68 Å². The molecule has 0 N–H and O–H groups in total. The van der Waals surface area contributed by atoms with Crippen molar-refractivity contribution in [3.63, 3.8) is 0 Å². The van der Waals surface area contributed by atoms with E-state index in [0.717, 1.165) is 38.5 Å². The number of halogens is 1. The Morgan fingerprint density at radius 2 is 2.04 bits per heavy atom. The summed E-state index contributed by atoms with van der Waals surface area (Å²) in [6.07, 6.45) is 1.54. The van der Waals surface area contributed by atoms with Crippen LogP contribution in [0.2, 0.25) is 0 Å². The quantitative estimate of drug-likeness (QED) is 0.683. The number of hydrogen-bond acceptors (Lipinski definition) is 6. The minimum atomic E-state index is 0.249. The Hall–Kier alpha value is -2.61. The molecule has 1 aliphatic rings. The summed E-state index contributed by atoms with van der Waals surface area (Å²) in [4.78, 5) is 0. The van der Waals surface area contributed by atoms with E-state index in [1.54, 1.807) is 11.0 Å². The van der Waals surface area contributed by atoms with Crippen LogP contribution in [0.4, 0.5) is 0 Å². The van der Waals surface area contributed by atoms with Crippen LogP contribution in [-0.2, 0) is 6.61 Å². The van der Waals surface area contributed by atoms with Crippen LogP contribution in [0.5, 0.6) is 17.2 Å². The van der Waals surface area contributed by atoms with Crippen LogP contribution in [0.3, 0.4) is 0 Å². The highest BCUT2D eigenvalue weighted by Crippen LogP contribution is 2.37. The van der Waals surface area contributed by atoms with Gasteiger partial charge in [-0.1, -0.05) is 22.0 Å². The number of ether oxygens (including phenoxy) is 3. The van der Waals surface area contributed by atoms with Crippen molar-refractivity contribution in [3.05, 3.63) is 52.3 Å². The Labute approximate surface area is 146 Å². The third kappa shape index (κ3) is 2.80. The second kappa shape index (κ2) is 6.12. The zero-order valence-corrected chi connectivity index (χ0v) is 14.4. The molecule has 7 nitrogen and oxygen atoms in total. The van der Waals surface area contributed by atoms with Crippen molar-refractivity contribution in [1.82, 2.24) is 20.2 Å². The molecule has 0 saturated carbocycles. The summed E-state index contributed by atoms with van der Waals surface area (Å²) in [5.41, 5.74) is 2.85. The van der Waals surface area contributed by atoms with Crippen LogP contribution in [0, 0.1) is 6.92 Å². The number of aromatic nitrogens is 4. The lowest BCUT2D eigenvalue weighted by molar-refractivity contribution is 0.174. The monoisotopic (exact) mass is 388 g/mol.